The zero-order chi connectivity index (χ0) is 15.9. The molecule has 2 rings (SSSR count). The minimum Gasteiger partial charge on any atom is -0.350 e. The van der Waals surface area contributed by atoms with Gasteiger partial charge in [-0.2, -0.15) is 0 Å². The first-order valence-corrected chi connectivity index (χ1v) is 8.08. The van der Waals surface area contributed by atoms with Crippen LogP contribution in [0.5, 0.6) is 0 Å². The molecule has 22 heavy (non-hydrogen) atoms. The van der Waals surface area contributed by atoms with E-state index in [0.717, 1.165) is 11.4 Å². The maximum Gasteiger partial charge on any atom is 0.270 e. The molecule has 0 unspecified atom stereocenters. The summed E-state index contributed by atoms with van der Waals surface area (Å²) in [5.74, 6) is 0.327. The molecule has 1 aromatic carbocycles. The van der Waals surface area contributed by atoms with E-state index >= 15 is 0 Å². The van der Waals surface area contributed by atoms with Crippen LogP contribution >= 0.6 is 11.8 Å². The van der Waals surface area contributed by atoms with Gasteiger partial charge in [-0.1, -0.05) is 36.9 Å². The number of amides is 1. The molecule has 1 N–H and O–H groups in total. The molecular formula is C16H18FN3OS. The van der Waals surface area contributed by atoms with E-state index in [4.69, 9.17) is 0 Å². The molecule has 0 atom stereocenters. The highest BCUT2D eigenvalue weighted by Crippen LogP contribution is 2.13. The summed E-state index contributed by atoms with van der Waals surface area (Å²) in [6.07, 6.45) is 0.443. The quantitative estimate of drug-likeness (QED) is 0.657. The molecule has 0 aliphatic rings. The molecule has 0 saturated heterocycles. The first-order chi connectivity index (χ1) is 10.6. The van der Waals surface area contributed by atoms with Crippen molar-refractivity contribution in [1.29, 1.82) is 0 Å². The van der Waals surface area contributed by atoms with E-state index in [2.05, 4.69) is 15.3 Å². The number of rotatable bonds is 6. The molecule has 116 valence electrons. The second kappa shape index (κ2) is 7.89. The maximum atomic E-state index is 13.5. The predicted octanol–water partition coefficient (Wildman–Crippen LogP) is 3.01. The van der Waals surface area contributed by atoms with Crippen LogP contribution in [0.15, 0.2) is 35.5 Å². The molecule has 0 aliphatic heterocycles. The van der Waals surface area contributed by atoms with Crippen molar-refractivity contribution in [1.82, 2.24) is 15.3 Å². The van der Waals surface area contributed by atoms with Crippen molar-refractivity contribution in [3.05, 3.63) is 53.1 Å². The standard InChI is InChI=1S/C16H18FN3OS/c1-3-22-16-19-11(2)10-14(20-16)15(21)18-9-8-12-6-4-5-7-13(12)17/h4-7,10H,3,8-9H2,1-2H3,(H,18,21). The van der Waals surface area contributed by atoms with Crippen LogP contribution in [-0.4, -0.2) is 28.2 Å². The van der Waals surface area contributed by atoms with Gasteiger partial charge in [0.15, 0.2) is 5.16 Å². The Morgan fingerprint density at radius 3 is 2.82 bits per heavy atom. The van der Waals surface area contributed by atoms with Crippen LogP contribution in [0.2, 0.25) is 0 Å². The largest absolute Gasteiger partial charge is 0.350 e. The normalized spacial score (nSPS) is 10.5. The number of carbonyl (C=O) groups excluding carboxylic acids is 1. The van der Waals surface area contributed by atoms with Gasteiger partial charge < -0.3 is 5.32 Å². The molecule has 1 aromatic heterocycles. The molecule has 4 nitrogen and oxygen atoms in total. The predicted molar refractivity (Wildman–Crippen MR) is 85.6 cm³/mol. The second-order valence-corrected chi connectivity index (χ2v) is 5.94. The van der Waals surface area contributed by atoms with Gasteiger partial charge in [0.2, 0.25) is 0 Å². The summed E-state index contributed by atoms with van der Waals surface area (Å²) in [6, 6.07) is 8.21. The zero-order valence-corrected chi connectivity index (χ0v) is 13.4. The molecule has 0 aliphatic carbocycles. The number of carbonyl (C=O) groups is 1. The fraction of sp³-hybridized carbons (Fsp3) is 0.312. The Morgan fingerprint density at radius 2 is 2.09 bits per heavy atom. The van der Waals surface area contributed by atoms with E-state index in [1.807, 2.05) is 13.8 Å². The summed E-state index contributed by atoms with van der Waals surface area (Å²) in [6.45, 7) is 4.20. The summed E-state index contributed by atoms with van der Waals surface area (Å²) in [5.41, 5.74) is 1.69. The van der Waals surface area contributed by atoms with Gasteiger partial charge >= 0.3 is 0 Å². The number of nitrogens with zero attached hydrogens (tertiary/aromatic N) is 2. The van der Waals surface area contributed by atoms with Crippen LogP contribution in [0.3, 0.4) is 0 Å². The third-order valence-corrected chi connectivity index (χ3v) is 3.71. The summed E-state index contributed by atoms with van der Waals surface area (Å²) in [5, 5.41) is 3.36. The smallest absolute Gasteiger partial charge is 0.270 e. The van der Waals surface area contributed by atoms with Gasteiger partial charge in [-0.15, -0.1) is 0 Å². The van der Waals surface area contributed by atoms with Crippen LogP contribution in [0, 0.1) is 12.7 Å². The van der Waals surface area contributed by atoms with Crippen molar-refractivity contribution in [2.45, 2.75) is 25.4 Å². The van der Waals surface area contributed by atoms with Crippen LogP contribution in [0.25, 0.3) is 0 Å². The molecule has 0 spiro atoms. The average Bonchev–Trinajstić information content (AvgIpc) is 2.49. The molecule has 1 amide bonds. The molecule has 1 heterocycles. The highest BCUT2D eigenvalue weighted by molar-refractivity contribution is 7.99. The van der Waals surface area contributed by atoms with Gasteiger partial charge in [0.1, 0.15) is 11.5 Å². The van der Waals surface area contributed by atoms with Crippen molar-refractivity contribution in [2.75, 3.05) is 12.3 Å². The van der Waals surface area contributed by atoms with E-state index in [1.165, 1.54) is 17.8 Å². The van der Waals surface area contributed by atoms with Crippen LogP contribution in [0.4, 0.5) is 4.39 Å². The lowest BCUT2D eigenvalue weighted by Crippen LogP contribution is -2.27. The number of halogens is 1. The number of thioether (sulfide) groups is 1. The van der Waals surface area contributed by atoms with Crippen molar-refractivity contribution >= 4 is 17.7 Å². The van der Waals surface area contributed by atoms with Gasteiger partial charge in [-0.3, -0.25) is 4.79 Å². The lowest BCUT2D eigenvalue weighted by Gasteiger charge is -2.07. The van der Waals surface area contributed by atoms with Crippen LogP contribution < -0.4 is 5.32 Å². The molecule has 0 saturated carbocycles. The second-order valence-electron chi connectivity index (χ2n) is 4.71. The number of nitrogens with one attached hydrogen (secondary N) is 1. The van der Waals surface area contributed by atoms with E-state index in [0.29, 0.717) is 29.4 Å². The number of aryl methyl sites for hydroxylation is 1. The molecule has 0 fully saturated rings. The van der Waals surface area contributed by atoms with Crippen molar-refractivity contribution in [3.8, 4) is 0 Å². The fourth-order valence-electron chi connectivity index (χ4n) is 1.95. The van der Waals surface area contributed by atoms with Crippen LogP contribution in [-0.2, 0) is 6.42 Å². The molecule has 0 radical (unpaired) electrons. The Kier molecular flexibility index (Phi) is 5.89. The lowest BCUT2D eigenvalue weighted by atomic mass is 10.1. The molecule has 2 aromatic rings. The van der Waals surface area contributed by atoms with E-state index in [-0.39, 0.29) is 11.7 Å². The average molecular weight is 319 g/mol. The van der Waals surface area contributed by atoms with E-state index < -0.39 is 0 Å². The third-order valence-electron chi connectivity index (χ3n) is 2.98. The third kappa shape index (κ3) is 4.53. The Labute approximate surface area is 133 Å². The van der Waals surface area contributed by atoms with Gasteiger partial charge in [0, 0.05) is 12.2 Å². The number of benzene rings is 1. The zero-order valence-electron chi connectivity index (χ0n) is 12.6. The summed E-state index contributed by atoms with van der Waals surface area (Å²) in [7, 11) is 0. The van der Waals surface area contributed by atoms with Gasteiger partial charge in [0.05, 0.1) is 0 Å². The van der Waals surface area contributed by atoms with Crippen molar-refractivity contribution in [2.24, 2.45) is 0 Å². The molecular weight excluding hydrogens is 301 g/mol. The Balaban J connectivity index is 1.96. The monoisotopic (exact) mass is 319 g/mol. The summed E-state index contributed by atoms with van der Waals surface area (Å²) in [4.78, 5) is 20.6. The first-order valence-electron chi connectivity index (χ1n) is 7.10. The van der Waals surface area contributed by atoms with Crippen molar-refractivity contribution < 1.29 is 9.18 Å². The minimum atomic E-state index is -0.264. The topological polar surface area (TPSA) is 54.9 Å². The highest BCUT2D eigenvalue weighted by Gasteiger charge is 2.10. The van der Waals surface area contributed by atoms with Crippen molar-refractivity contribution in [3.63, 3.8) is 0 Å². The highest BCUT2D eigenvalue weighted by atomic mass is 32.2. The SMILES string of the molecule is CCSc1nc(C)cc(C(=O)NCCc2ccccc2F)n1. The Hall–Kier alpha value is -1.95. The Bertz CT molecular complexity index is 664. The van der Waals surface area contributed by atoms with Gasteiger partial charge in [-0.05, 0) is 36.8 Å². The number of hydrogen-bond donors (Lipinski definition) is 1. The summed E-state index contributed by atoms with van der Waals surface area (Å²) >= 11 is 1.49. The van der Waals surface area contributed by atoms with E-state index in [1.54, 1.807) is 24.3 Å². The summed E-state index contributed by atoms with van der Waals surface area (Å²) < 4.78 is 13.5. The Morgan fingerprint density at radius 1 is 1.32 bits per heavy atom. The van der Waals surface area contributed by atoms with Gasteiger partial charge in [0.25, 0.3) is 5.91 Å². The maximum absolute atomic E-state index is 13.5. The first kappa shape index (κ1) is 16.4. The fourth-order valence-corrected chi connectivity index (χ4v) is 2.58. The number of aromatic nitrogens is 2. The van der Waals surface area contributed by atoms with Crippen LogP contribution in [0.1, 0.15) is 28.7 Å². The number of hydrogen-bond acceptors (Lipinski definition) is 4. The van der Waals surface area contributed by atoms with Gasteiger partial charge in [-0.25, -0.2) is 14.4 Å². The molecule has 0 bridgehead atoms. The minimum absolute atomic E-state index is 0.253. The molecule has 6 heteroatoms. The lowest BCUT2D eigenvalue weighted by molar-refractivity contribution is 0.0948. The van der Waals surface area contributed by atoms with E-state index in [9.17, 15) is 9.18 Å².